The molecule has 0 aliphatic carbocycles. The first-order valence-corrected chi connectivity index (χ1v) is 9.01. The van der Waals surface area contributed by atoms with Crippen molar-refractivity contribution in [1.82, 2.24) is 4.98 Å². The Hall–Kier alpha value is -2.05. The van der Waals surface area contributed by atoms with E-state index in [4.69, 9.17) is 4.74 Å². The zero-order valence-electron chi connectivity index (χ0n) is 12.6. The molecule has 0 saturated carbocycles. The lowest BCUT2D eigenvalue weighted by molar-refractivity contribution is -0.645. The Bertz CT molecular complexity index is 772. The van der Waals surface area contributed by atoms with Crippen LogP contribution in [0.1, 0.15) is 16.3 Å². The summed E-state index contributed by atoms with van der Waals surface area (Å²) in [6.45, 7) is 2.51. The van der Waals surface area contributed by atoms with Crippen molar-refractivity contribution in [2.45, 2.75) is 24.3 Å². The van der Waals surface area contributed by atoms with Gasteiger partial charge in [-0.2, -0.15) is 4.73 Å². The summed E-state index contributed by atoms with van der Waals surface area (Å²) in [7, 11) is 0. The molecule has 0 amide bonds. The number of rotatable bonds is 6. The first-order valence-electron chi connectivity index (χ1n) is 7.14. The van der Waals surface area contributed by atoms with E-state index in [2.05, 4.69) is 4.98 Å². The van der Waals surface area contributed by atoms with Crippen LogP contribution in [0.15, 0.2) is 59.1 Å². The van der Waals surface area contributed by atoms with Crippen LogP contribution in [0.2, 0.25) is 0 Å². The molecule has 0 unspecified atom stereocenters. The molecular formula is C17H16N2O2S2. The van der Waals surface area contributed by atoms with Gasteiger partial charge in [-0.3, -0.25) is 0 Å². The molecule has 1 aromatic carbocycles. The van der Waals surface area contributed by atoms with Gasteiger partial charge in [-0.1, -0.05) is 17.7 Å². The Morgan fingerprint density at radius 1 is 1.22 bits per heavy atom. The molecule has 0 spiro atoms. The second-order valence-corrected chi connectivity index (χ2v) is 6.93. The van der Waals surface area contributed by atoms with E-state index in [9.17, 15) is 5.21 Å². The van der Waals surface area contributed by atoms with Crippen molar-refractivity contribution in [3.8, 4) is 5.75 Å². The zero-order chi connectivity index (χ0) is 16.1. The van der Waals surface area contributed by atoms with Crippen LogP contribution in [-0.4, -0.2) is 4.98 Å². The van der Waals surface area contributed by atoms with Crippen LogP contribution in [0.25, 0.3) is 0 Å². The van der Waals surface area contributed by atoms with Gasteiger partial charge in [-0.05, 0) is 36.9 Å². The molecule has 0 aliphatic heterocycles. The third-order valence-electron chi connectivity index (χ3n) is 3.14. The van der Waals surface area contributed by atoms with Crippen LogP contribution in [-0.2, 0) is 12.4 Å². The number of aryl methyl sites for hydroxylation is 1. The lowest BCUT2D eigenvalue weighted by Gasteiger charge is -2.04. The molecule has 0 fully saturated rings. The van der Waals surface area contributed by atoms with Crippen molar-refractivity contribution in [3.63, 3.8) is 0 Å². The smallest absolute Gasteiger partial charge is 0.251 e. The number of nitrogens with zero attached hydrogens (tertiary/aromatic N) is 2. The van der Waals surface area contributed by atoms with E-state index in [0.29, 0.717) is 17.4 Å². The molecule has 0 aliphatic rings. The zero-order valence-corrected chi connectivity index (χ0v) is 14.3. The number of hydrogen-bond donors (Lipinski definition) is 0. The molecule has 23 heavy (non-hydrogen) atoms. The number of hydrogen-bond acceptors (Lipinski definition) is 5. The van der Waals surface area contributed by atoms with Gasteiger partial charge in [0.1, 0.15) is 17.4 Å². The molecule has 6 heteroatoms. The highest BCUT2D eigenvalue weighted by Crippen LogP contribution is 2.22. The second-order valence-electron chi connectivity index (χ2n) is 4.99. The van der Waals surface area contributed by atoms with Gasteiger partial charge in [0.15, 0.2) is 6.20 Å². The number of aromatic nitrogens is 2. The molecule has 3 rings (SSSR count). The second kappa shape index (κ2) is 7.48. The summed E-state index contributed by atoms with van der Waals surface area (Å²) < 4.78 is 6.60. The highest BCUT2D eigenvalue weighted by molar-refractivity contribution is 7.98. The predicted molar refractivity (Wildman–Crippen MR) is 92.6 cm³/mol. The van der Waals surface area contributed by atoms with Crippen LogP contribution >= 0.6 is 23.1 Å². The number of benzene rings is 1. The monoisotopic (exact) mass is 344 g/mol. The third-order valence-corrected chi connectivity index (χ3v) is 5.06. The number of pyridine rings is 1. The molecule has 0 saturated heterocycles. The van der Waals surface area contributed by atoms with E-state index in [1.54, 1.807) is 17.4 Å². The minimum absolute atomic E-state index is 0.464. The highest BCUT2D eigenvalue weighted by atomic mass is 32.2. The predicted octanol–water partition coefficient (Wildman–Crippen LogP) is 3.96. The van der Waals surface area contributed by atoms with Crippen molar-refractivity contribution < 1.29 is 9.47 Å². The molecular weight excluding hydrogens is 328 g/mol. The molecule has 4 nitrogen and oxygen atoms in total. The van der Waals surface area contributed by atoms with Gasteiger partial charge < -0.3 is 9.94 Å². The fourth-order valence-corrected chi connectivity index (χ4v) is 3.55. The molecule has 0 bridgehead atoms. The fourth-order valence-electron chi connectivity index (χ4n) is 1.93. The number of thiazole rings is 1. The van der Waals surface area contributed by atoms with E-state index >= 15 is 0 Å². The summed E-state index contributed by atoms with van der Waals surface area (Å²) in [5.74, 6) is 1.52. The van der Waals surface area contributed by atoms with Crippen LogP contribution < -0.4 is 9.47 Å². The molecule has 2 aromatic heterocycles. The van der Waals surface area contributed by atoms with Crippen molar-refractivity contribution in [2.24, 2.45) is 0 Å². The molecule has 0 radical (unpaired) electrons. The van der Waals surface area contributed by atoms with Crippen LogP contribution in [0.5, 0.6) is 5.75 Å². The van der Waals surface area contributed by atoms with Crippen LogP contribution in [0.3, 0.4) is 0 Å². The normalized spacial score (nSPS) is 10.7. The fraction of sp³-hybridized carbons (Fsp3) is 0.176. The summed E-state index contributed by atoms with van der Waals surface area (Å²) in [4.78, 5) is 4.55. The average Bonchev–Trinajstić information content (AvgIpc) is 3.02. The van der Waals surface area contributed by atoms with Gasteiger partial charge in [0.2, 0.25) is 0 Å². The summed E-state index contributed by atoms with van der Waals surface area (Å²) in [5, 5.41) is 15.2. The van der Waals surface area contributed by atoms with E-state index in [1.807, 2.05) is 48.7 Å². The average molecular weight is 344 g/mol. The maximum atomic E-state index is 11.6. The largest absolute Gasteiger partial charge is 0.618 e. The molecule has 0 N–H and O–H groups in total. The molecule has 3 aromatic rings. The number of ether oxygens (including phenoxy) is 1. The SMILES string of the molecule is Cc1ccc(OCc2nc(CSc3cccc[n+]3[O-])cs2)cc1. The quantitative estimate of drug-likeness (QED) is 0.386. The molecule has 2 heterocycles. The lowest BCUT2D eigenvalue weighted by Crippen LogP contribution is -2.27. The Balaban J connectivity index is 1.53. The minimum Gasteiger partial charge on any atom is -0.618 e. The van der Waals surface area contributed by atoms with Gasteiger partial charge in [-0.25, -0.2) is 4.98 Å². The summed E-state index contributed by atoms with van der Waals surface area (Å²) in [5.41, 5.74) is 2.17. The minimum atomic E-state index is 0.464. The Labute approximate surface area is 143 Å². The van der Waals surface area contributed by atoms with Crippen molar-refractivity contribution in [3.05, 3.63) is 75.5 Å². The summed E-state index contributed by atoms with van der Waals surface area (Å²) in [6, 6.07) is 13.4. The van der Waals surface area contributed by atoms with Gasteiger partial charge in [0, 0.05) is 23.3 Å². The standard InChI is InChI=1S/C17H16N2O2S2/c1-13-5-7-15(8-6-13)21-10-16-18-14(11-22-16)12-23-17-4-2-3-9-19(17)20/h2-9,11H,10,12H2,1H3. The van der Waals surface area contributed by atoms with Crippen LogP contribution in [0, 0.1) is 12.1 Å². The van der Waals surface area contributed by atoms with Gasteiger partial charge in [-0.15, -0.1) is 11.3 Å². The Morgan fingerprint density at radius 2 is 2.04 bits per heavy atom. The van der Waals surface area contributed by atoms with Gasteiger partial charge in [0.25, 0.3) is 5.03 Å². The lowest BCUT2D eigenvalue weighted by atomic mass is 10.2. The number of thioether (sulfide) groups is 1. The Morgan fingerprint density at radius 3 is 2.83 bits per heavy atom. The van der Waals surface area contributed by atoms with Gasteiger partial charge in [0.05, 0.1) is 5.69 Å². The Kier molecular flexibility index (Phi) is 5.15. The summed E-state index contributed by atoms with van der Waals surface area (Å²) in [6.07, 6.45) is 1.50. The third kappa shape index (κ3) is 4.46. The van der Waals surface area contributed by atoms with Crippen molar-refractivity contribution in [1.29, 1.82) is 0 Å². The van der Waals surface area contributed by atoms with E-state index in [0.717, 1.165) is 21.2 Å². The van der Waals surface area contributed by atoms with E-state index < -0.39 is 0 Å². The maximum Gasteiger partial charge on any atom is 0.251 e. The van der Waals surface area contributed by atoms with Crippen molar-refractivity contribution >= 4 is 23.1 Å². The van der Waals surface area contributed by atoms with Crippen LogP contribution in [0.4, 0.5) is 0 Å². The molecule has 0 atom stereocenters. The first-order chi connectivity index (χ1) is 11.2. The first kappa shape index (κ1) is 15.8. The van der Waals surface area contributed by atoms with E-state index in [-0.39, 0.29) is 0 Å². The maximum absolute atomic E-state index is 11.6. The topological polar surface area (TPSA) is 49.1 Å². The molecule has 118 valence electrons. The summed E-state index contributed by atoms with van der Waals surface area (Å²) >= 11 is 3.06. The van der Waals surface area contributed by atoms with Gasteiger partial charge >= 0.3 is 0 Å². The highest BCUT2D eigenvalue weighted by Gasteiger charge is 2.08. The van der Waals surface area contributed by atoms with Crippen molar-refractivity contribution in [2.75, 3.05) is 0 Å². The van der Waals surface area contributed by atoms with E-state index in [1.165, 1.54) is 23.5 Å².